The zero-order valence-corrected chi connectivity index (χ0v) is 7.30. The van der Waals surface area contributed by atoms with E-state index in [2.05, 4.69) is 37.5 Å². The van der Waals surface area contributed by atoms with Crippen LogP contribution in [-0.4, -0.2) is 13.3 Å². The summed E-state index contributed by atoms with van der Waals surface area (Å²) in [5.41, 5.74) is 0. The molecule has 0 rings (SSSR count). The SMILES string of the molecule is C=C/C=C(\N=C)NCC(C)C. The fourth-order valence-corrected chi connectivity index (χ4v) is 0.588. The average molecular weight is 152 g/mol. The molecule has 0 aromatic heterocycles. The monoisotopic (exact) mass is 152 g/mol. The van der Waals surface area contributed by atoms with E-state index in [0.29, 0.717) is 5.92 Å². The van der Waals surface area contributed by atoms with Gasteiger partial charge in [-0.15, -0.1) is 0 Å². The first kappa shape index (κ1) is 9.95. The molecule has 0 aromatic rings. The van der Waals surface area contributed by atoms with Gasteiger partial charge in [0.25, 0.3) is 0 Å². The fourth-order valence-electron chi connectivity index (χ4n) is 0.588. The van der Waals surface area contributed by atoms with Gasteiger partial charge in [-0.05, 0) is 18.7 Å². The lowest BCUT2D eigenvalue weighted by Crippen LogP contribution is -2.17. The molecule has 0 saturated carbocycles. The molecule has 1 N–H and O–H groups in total. The molecular formula is C9H16N2. The third-order valence-corrected chi connectivity index (χ3v) is 1.14. The molecule has 0 aromatic carbocycles. The third kappa shape index (κ3) is 5.40. The van der Waals surface area contributed by atoms with Crippen LogP contribution in [0.1, 0.15) is 13.8 Å². The number of allylic oxidation sites excluding steroid dienone is 2. The summed E-state index contributed by atoms with van der Waals surface area (Å²) in [7, 11) is 0. The minimum Gasteiger partial charge on any atom is -0.370 e. The van der Waals surface area contributed by atoms with E-state index < -0.39 is 0 Å². The number of hydrogen-bond acceptors (Lipinski definition) is 2. The van der Waals surface area contributed by atoms with Crippen LogP contribution in [0.15, 0.2) is 29.5 Å². The topological polar surface area (TPSA) is 24.4 Å². The van der Waals surface area contributed by atoms with Crippen molar-refractivity contribution in [2.24, 2.45) is 10.9 Å². The Morgan fingerprint density at radius 1 is 1.64 bits per heavy atom. The van der Waals surface area contributed by atoms with Crippen LogP contribution in [0.25, 0.3) is 0 Å². The van der Waals surface area contributed by atoms with Crippen molar-refractivity contribution in [1.82, 2.24) is 5.32 Å². The molecule has 0 radical (unpaired) electrons. The van der Waals surface area contributed by atoms with E-state index >= 15 is 0 Å². The second-order valence-electron chi connectivity index (χ2n) is 2.72. The van der Waals surface area contributed by atoms with Gasteiger partial charge in [-0.2, -0.15) is 0 Å². The second-order valence-corrected chi connectivity index (χ2v) is 2.72. The largest absolute Gasteiger partial charge is 0.370 e. The average Bonchev–Trinajstić information content (AvgIpc) is 1.97. The molecule has 0 heterocycles. The van der Waals surface area contributed by atoms with Crippen molar-refractivity contribution < 1.29 is 0 Å². The van der Waals surface area contributed by atoms with Crippen molar-refractivity contribution in [1.29, 1.82) is 0 Å². The van der Waals surface area contributed by atoms with Crippen LogP contribution in [0.2, 0.25) is 0 Å². The van der Waals surface area contributed by atoms with Crippen molar-refractivity contribution >= 4 is 6.72 Å². The fraction of sp³-hybridized carbons (Fsp3) is 0.444. The van der Waals surface area contributed by atoms with E-state index in [1.165, 1.54) is 0 Å². The summed E-state index contributed by atoms with van der Waals surface area (Å²) in [5, 5.41) is 3.13. The molecule has 11 heavy (non-hydrogen) atoms. The van der Waals surface area contributed by atoms with Gasteiger partial charge in [0.1, 0.15) is 5.82 Å². The quantitative estimate of drug-likeness (QED) is 0.472. The highest BCUT2D eigenvalue weighted by atomic mass is 15.0. The maximum atomic E-state index is 3.78. The molecule has 0 spiro atoms. The van der Waals surface area contributed by atoms with E-state index in [-0.39, 0.29) is 0 Å². The smallest absolute Gasteiger partial charge is 0.125 e. The zero-order valence-electron chi connectivity index (χ0n) is 7.30. The lowest BCUT2D eigenvalue weighted by molar-refractivity contribution is 0.594. The first-order valence-electron chi connectivity index (χ1n) is 3.74. The molecule has 0 aliphatic heterocycles. The number of nitrogens with zero attached hydrogens (tertiary/aromatic N) is 1. The first-order valence-corrected chi connectivity index (χ1v) is 3.74. The molecular weight excluding hydrogens is 136 g/mol. The molecule has 0 aliphatic rings. The molecule has 0 saturated heterocycles. The Balaban J connectivity index is 3.79. The molecule has 0 fully saturated rings. The van der Waals surface area contributed by atoms with Gasteiger partial charge in [-0.25, -0.2) is 4.99 Å². The molecule has 0 atom stereocenters. The summed E-state index contributed by atoms with van der Waals surface area (Å²) in [6, 6.07) is 0. The standard InChI is InChI=1S/C9H16N2/c1-5-6-9(10-4)11-7-8(2)3/h5-6,8,11H,1,4,7H2,2-3H3/b9-6+. The predicted octanol–water partition coefficient (Wildman–Crippen LogP) is 1.96. The third-order valence-electron chi connectivity index (χ3n) is 1.14. The van der Waals surface area contributed by atoms with Crippen LogP contribution < -0.4 is 5.32 Å². The van der Waals surface area contributed by atoms with Gasteiger partial charge in [0.2, 0.25) is 0 Å². The Kier molecular flexibility index (Phi) is 5.17. The number of hydrogen-bond donors (Lipinski definition) is 1. The first-order chi connectivity index (χ1) is 5.20. The molecule has 0 amide bonds. The van der Waals surface area contributed by atoms with Crippen LogP contribution >= 0.6 is 0 Å². The van der Waals surface area contributed by atoms with Crippen molar-refractivity contribution in [3.63, 3.8) is 0 Å². The Bertz CT molecular complexity index is 157. The van der Waals surface area contributed by atoms with E-state index in [1.807, 2.05) is 0 Å². The van der Waals surface area contributed by atoms with Crippen LogP contribution in [0.5, 0.6) is 0 Å². The minimum atomic E-state index is 0.616. The molecule has 62 valence electrons. The zero-order chi connectivity index (χ0) is 8.69. The highest BCUT2D eigenvalue weighted by Crippen LogP contribution is 1.93. The molecule has 0 bridgehead atoms. The van der Waals surface area contributed by atoms with Crippen LogP contribution in [0.3, 0.4) is 0 Å². The summed E-state index contributed by atoms with van der Waals surface area (Å²) in [5.74, 6) is 1.40. The van der Waals surface area contributed by atoms with Crippen molar-refractivity contribution in [2.75, 3.05) is 6.54 Å². The van der Waals surface area contributed by atoms with E-state index in [1.54, 1.807) is 12.2 Å². The summed E-state index contributed by atoms with van der Waals surface area (Å²) in [4.78, 5) is 3.78. The van der Waals surface area contributed by atoms with Crippen LogP contribution in [0, 0.1) is 5.92 Å². The highest BCUT2D eigenvalue weighted by Gasteiger charge is 1.93. The predicted molar refractivity (Wildman–Crippen MR) is 50.7 cm³/mol. The van der Waals surface area contributed by atoms with Gasteiger partial charge in [0.15, 0.2) is 0 Å². The summed E-state index contributed by atoms with van der Waals surface area (Å²) in [6.45, 7) is 12.2. The van der Waals surface area contributed by atoms with Gasteiger partial charge >= 0.3 is 0 Å². The maximum Gasteiger partial charge on any atom is 0.125 e. The summed E-state index contributed by atoms with van der Waals surface area (Å²) in [6.07, 6.45) is 3.49. The molecule has 2 nitrogen and oxygen atoms in total. The highest BCUT2D eigenvalue weighted by molar-refractivity contribution is 5.29. The van der Waals surface area contributed by atoms with E-state index in [4.69, 9.17) is 0 Å². The number of aliphatic imine (C=N–C) groups is 1. The maximum absolute atomic E-state index is 3.78. The minimum absolute atomic E-state index is 0.616. The van der Waals surface area contributed by atoms with Crippen molar-refractivity contribution in [3.8, 4) is 0 Å². The Labute approximate surface area is 68.7 Å². The normalized spacial score (nSPS) is 11.4. The van der Waals surface area contributed by atoms with Gasteiger partial charge in [0, 0.05) is 6.54 Å². The second kappa shape index (κ2) is 5.71. The molecule has 0 aliphatic carbocycles. The lowest BCUT2D eigenvalue weighted by Gasteiger charge is -2.07. The summed E-state index contributed by atoms with van der Waals surface area (Å²) < 4.78 is 0. The number of nitrogens with one attached hydrogen (secondary N) is 1. The number of rotatable bonds is 5. The Hall–Kier alpha value is -1.05. The molecule has 0 unspecified atom stereocenters. The van der Waals surface area contributed by atoms with Crippen molar-refractivity contribution in [2.45, 2.75) is 13.8 Å². The van der Waals surface area contributed by atoms with Crippen molar-refractivity contribution in [3.05, 3.63) is 24.6 Å². The van der Waals surface area contributed by atoms with Gasteiger partial charge < -0.3 is 5.32 Å². The van der Waals surface area contributed by atoms with Crippen LogP contribution in [0.4, 0.5) is 0 Å². The summed E-state index contributed by atoms with van der Waals surface area (Å²) >= 11 is 0. The Morgan fingerprint density at radius 2 is 2.27 bits per heavy atom. The molecule has 2 heteroatoms. The van der Waals surface area contributed by atoms with E-state index in [9.17, 15) is 0 Å². The lowest BCUT2D eigenvalue weighted by atomic mass is 10.2. The van der Waals surface area contributed by atoms with E-state index in [0.717, 1.165) is 12.4 Å². The van der Waals surface area contributed by atoms with Gasteiger partial charge in [-0.1, -0.05) is 26.5 Å². The van der Waals surface area contributed by atoms with Gasteiger partial charge in [-0.3, -0.25) is 0 Å². The van der Waals surface area contributed by atoms with Crippen LogP contribution in [-0.2, 0) is 0 Å². The van der Waals surface area contributed by atoms with Gasteiger partial charge in [0.05, 0.1) is 0 Å². The Morgan fingerprint density at radius 3 is 2.64 bits per heavy atom.